The van der Waals surface area contributed by atoms with E-state index in [1.165, 1.54) is 0 Å². The zero-order valence-electron chi connectivity index (χ0n) is 8.59. The van der Waals surface area contributed by atoms with Crippen LogP contribution in [0.4, 0.5) is 0 Å². The Morgan fingerprint density at radius 2 is 1.73 bits per heavy atom. The standard InChI is InChI=1S/C12H14N2O/c1-10(13-14-8-2-3-9-14)11-4-6-12(15)7-5-11/h2-10,13,15H,1H3. The number of nitrogens with one attached hydrogen (secondary N) is 1. The minimum atomic E-state index is 0.206. The summed E-state index contributed by atoms with van der Waals surface area (Å²) in [7, 11) is 0. The molecule has 1 aromatic carbocycles. The molecule has 0 radical (unpaired) electrons. The van der Waals surface area contributed by atoms with Crippen LogP contribution < -0.4 is 5.43 Å². The maximum atomic E-state index is 9.17. The molecule has 3 nitrogen and oxygen atoms in total. The average Bonchev–Trinajstić information content (AvgIpc) is 2.71. The van der Waals surface area contributed by atoms with E-state index >= 15 is 0 Å². The first-order valence-electron chi connectivity index (χ1n) is 4.94. The number of hydrogen-bond donors (Lipinski definition) is 2. The van der Waals surface area contributed by atoms with Crippen molar-refractivity contribution < 1.29 is 5.11 Å². The number of nitrogens with zero attached hydrogens (tertiary/aromatic N) is 1. The maximum absolute atomic E-state index is 9.17. The lowest BCUT2D eigenvalue weighted by Crippen LogP contribution is -2.16. The molecule has 0 saturated heterocycles. The van der Waals surface area contributed by atoms with E-state index in [9.17, 15) is 0 Å². The van der Waals surface area contributed by atoms with Crippen LogP contribution in [-0.4, -0.2) is 9.78 Å². The van der Waals surface area contributed by atoms with Crippen LogP contribution in [0, 0.1) is 0 Å². The van der Waals surface area contributed by atoms with Crippen molar-refractivity contribution >= 4 is 0 Å². The number of phenolic OH excluding ortho intramolecular Hbond substituents is 1. The van der Waals surface area contributed by atoms with Gasteiger partial charge < -0.3 is 10.5 Å². The molecule has 15 heavy (non-hydrogen) atoms. The van der Waals surface area contributed by atoms with Crippen LogP contribution in [0.15, 0.2) is 48.8 Å². The molecule has 2 N–H and O–H groups in total. The van der Waals surface area contributed by atoms with Crippen molar-refractivity contribution in [2.45, 2.75) is 13.0 Å². The predicted molar refractivity (Wildman–Crippen MR) is 60.3 cm³/mol. The van der Waals surface area contributed by atoms with Crippen LogP contribution >= 0.6 is 0 Å². The lowest BCUT2D eigenvalue weighted by Gasteiger charge is -2.16. The van der Waals surface area contributed by atoms with Gasteiger partial charge in [0.1, 0.15) is 5.75 Å². The van der Waals surface area contributed by atoms with Gasteiger partial charge in [0.2, 0.25) is 0 Å². The molecule has 0 saturated carbocycles. The van der Waals surface area contributed by atoms with Crippen LogP contribution in [-0.2, 0) is 0 Å². The average molecular weight is 202 g/mol. The highest BCUT2D eigenvalue weighted by Gasteiger charge is 2.03. The zero-order chi connectivity index (χ0) is 10.7. The zero-order valence-corrected chi connectivity index (χ0v) is 8.59. The first-order chi connectivity index (χ1) is 7.25. The van der Waals surface area contributed by atoms with Crippen LogP contribution in [0.3, 0.4) is 0 Å². The molecule has 0 aliphatic heterocycles. The van der Waals surface area contributed by atoms with Gasteiger partial charge in [-0.15, -0.1) is 0 Å². The highest BCUT2D eigenvalue weighted by atomic mass is 16.3. The summed E-state index contributed by atoms with van der Waals surface area (Å²) in [6.45, 7) is 2.08. The topological polar surface area (TPSA) is 37.2 Å². The molecule has 0 spiro atoms. The Balaban J connectivity index is 2.08. The van der Waals surface area contributed by atoms with Crippen molar-refractivity contribution in [3.8, 4) is 5.75 Å². The smallest absolute Gasteiger partial charge is 0.115 e. The first kappa shape index (κ1) is 9.65. The summed E-state index contributed by atoms with van der Waals surface area (Å²) in [6.07, 6.45) is 3.91. The van der Waals surface area contributed by atoms with Crippen molar-refractivity contribution in [2.24, 2.45) is 0 Å². The number of aromatic nitrogens is 1. The fourth-order valence-corrected chi connectivity index (χ4v) is 1.48. The fraction of sp³-hybridized carbons (Fsp3) is 0.167. The number of phenols is 1. The van der Waals surface area contributed by atoms with Gasteiger partial charge in [0, 0.05) is 12.4 Å². The van der Waals surface area contributed by atoms with E-state index in [1.54, 1.807) is 12.1 Å². The summed E-state index contributed by atoms with van der Waals surface area (Å²) >= 11 is 0. The molecule has 3 heteroatoms. The number of rotatable bonds is 3. The van der Waals surface area contributed by atoms with Gasteiger partial charge in [0.05, 0.1) is 6.04 Å². The van der Waals surface area contributed by atoms with Gasteiger partial charge in [-0.05, 0) is 36.8 Å². The molecule has 78 valence electrons. The van der Waals surface area contributed by atoms with Crippen molar-refractivity contribution in [3.63, 3.8) is 0 Å². The van der Waals surface area contributed by atoms with Crippen LogP contribution in [0.25, 0.3) is 0 Å². The van der Waals surface area contributed by atoms with Crippen molar-refractivity contribution in [3.05, 3.63) is 54.4 Å². The third-order valence-corrected chi connectivity index (χ3v) is 2.34. The summed E-state index contributed by atoms with van der Waals surface area (Å²) < 4.78 is 1.91. The minimum absolute atomic E-state index is 0.206. The van der Waals surface area contributed by atoms with E-state index in [2.05, 4.69) is 12.3 Å². The molecule has 0 aliphatic rings. The Morgan fingerprint density at radius 1 is 1.13 bits per heavy atom. The Morgan fingerprint density at radius 3 is 2.33 bits per heavy atom. The maximum Gasteiger partial charge on any atom is 0.115 e. The second-order valence-corrected chi connectivity index (χ2v) is 3.53. The molecule has 0 fully saturated rings. The summed E-state index contributed by atoms with van der Waals surface area (Å²) in [5, 5.41) is 9.17. The lowest BCUT2D eigenvalue weighted by molar-refractivity contribution is 0.475. The highest BCUT2D eigenvalue weighted by Crippen LogP contribution is 2.16. The van der Waals surface area contributed by atoms with Gasteiger partial charge >= 0.3 is 0 Å². The Bertz CT molecular complexity index is 406. The summed E-state index contributed by atoms with van der Waals surface area (Å²) in [6, 6.07) is 11.4. The molecule has 1 aromatic heterocycles. The molecule has 2 rings (SSSR count). The molecule has 1 atom stereocenters. The molecule has 2 aromatic rings. The second-order valence-electron chi connectivity index (χ2n) is 3.53. The Hall–Kier alpha value is -1.90. The van der Waals surface area contributed by atoms with Crippen LogP contribution in [0.1, 0.15) is 18.5 Å². The quantitative estimate of drug-likeness (QED) is 0.802. The van der Waals surface area contributed by atoms with Gasteiger partial charge in [0.25, 0.3) is 0 Å². The van der Waals surface area contributed by atoms with Crippen LogP contribution in [0.2, 0.25) is 0 Å². The summed E-state index contributed by atoms with van der Waals surface area (Å²) in [5.41, 5.74) is 4.43. The Labute approximate surface area is 89.0 Å². The minimum Gasteiger partial charge on any atom is -0.508 e. The van der Waals surface area contributed by atoms with Crippen molar-refractivity contribution in [2.75, 3.05) is 5.43 Å². The summed E-state index contributed by atoms with van der Waals surface area (Å²) in [5.74, 6) is 0.298. The summed E-state index contributed by atoms with van der Waals surface area (Å²) in [4.78, 5) is 0. The fourth-order valence-electron chi connectivity index (χ4n) is 1.48. The van der Waals surface area contributed by atoms with E-state index < -0.39 is 0 Å². The lowest BCUT2D eigenvalue weighted by atomic mass is 10.1. The molecule has 0 bridgehead atoms. The van der Waals surface area contributed by atoms with E-state index in [1.807, 2.05) is 41.3 Å². The highest BCUT2D eigenvalue weighted by molar-refractivity contribution is 5.28. The number of aromatic hydroxyl groups is 1. The largest absolute Gasteiger partial charge is 0.508 e. The van der Waals surface area contributed by atoms with Gasteiger partial charge in [-0.25, -0.2) is 0 Å². The van der Waals surface area contributed by atoms with Crippen molar-refractivity contribution in [1.29, 1.82) is 0 Å². The Kier molecular flexibility index (Phi) is 2.63. The SMILES string of the molecule is CC(Nn1cccc1)c1ccc(O)cc1. The van der Waals surface area contributed by atoms with E-state index in [0.717, 1.165) is 5.56 Å². The van der Waals surface area contributed by atoms with E-state index in [-0.39, 0.29) is 6.04 Å². The van der Waals surface area contributed by atoms with Gasteiger partial charge in [-0.3, -0.25) is 4.68 Å². The number of hydrogen-bond acceptors (Lipinski definition) is 2. The monoisotopic (exact) mass is 202 g/mol. The predicted octanol–water partition coefficient (Wildman–Crippen LogP) is 2.50. The van der Waals surface area contributed by atoms with E-state index in [4.69, 9.17) is 5.11 Å². The molecular weight excluding hydrogens is 188 g/mol. The van der Waals surface area contributed by atoms with Gasteiger partial charge in [-0.2, -0.15) is 0 Å². The van der Waals surface area contributed by atoms with E-state index in [0.29, 0.717) is 5.75 Å². The van der Waals surface area contributed by atoms with Gasteiger partial charge in [-0.1, -0.05) is 12.1 Å². The van der Waals surface area contributed by atoms with Gasteiger partial charge in [0.15, 0.2) is 0 Å². The third-order valence-electron chi connectivity index (χ3n) is 2.34. The molecule has 1 unspecified atom stereocenters. The normalized spacial score (nSPS) is 12.3. The first-order valence-corrected chi connectivity index (χ1v) is 4.94. The molecule has 0 aliphatic carbocycles. The van der Waals surface area contributed by atoms with Crippen molar-refractivity contribution in [1.82, 2.24) is 4.68 Å². The molecule has 1 heterocycles. The number of benzene rings is 1. The third kappa shape index (κ3) is 2.31. The second kappa shape index (κ2) is 4.09. The van der Waals surface area contributed by atoms with Crippen LogP contribution in [0.5, 0.6) is 5.75 Å². The molecule has 0 amide bonds. The molecular formula is C12H14N2O.